The summed E-state index contributed by atoms with van der Waals surface area (Å²) in [6.07, 6.45) is 10.1. The summed E-state index contributed by atoms with van der Waals surface area (Å²) in [6, 6.07) is 0. The Kier molecular flexibility index (Phi) is 3.85. The van der Waals surface area contributed by atoms with Gasteiger partial charge in [0.25, 0.3) is 0 Å². The lowest BCUT2D eigenvalue weighted by Crippen LogP contribution is -2.54. The number of hydrogen-bond acceptors (Lipinski definition) is 3. The lowest BCUT2D eigenvalue weighted by atomic mass is 9.45. The molecule has 0 N–H and O–H groups in total. The van der Waals surface area contributed by atoms with Gasteiger partial charge in [-0.15, -0.1) is 0 Å². The van der Waals surface area contributed by atoms with Crippen molar-refractivity contribution in [2.24, 2.45) is 34.5 Å². The van der Waals surface area contributed by atoms with Gasteiger partial charge in [0.05, 0.1) is 0 Å². The van der Waals surface area contributed by atoms with Crippen molar-refractivity contribution in [3.05, 3.63) is 0 Å². The molecule has 3 nitrogen and oxygen atoms in total. The molecule has 4 rings (SSSR count). The molecule has 7 atom stereocenters. The summed E-state index contributed by atoms with van der Waals surface area (Å²) in [7, 11) is 0. The molecule has 0 heterocycles. The average Bonchev–Trinajstić information content (AvgIpc) is 2.84. The molecule has 0 aliphatic heterocycles. The second-order valence-electron chi connectivity index (χ2n) is 9.62. The van der Waals surface area contributed by atoms with Gasteiger partial charge >= 0.3 is 5.97 Å². The van der Waals surface area contributed by atoms with E-state index >= 15 is 0 Å². The third kappa shape index (κ3) is 2.29. The minimum atomic E-state index is -0.120. The fraction of sp³-hybridized carbons (Fsp3) is 0.905. The highest BCUT2D eigenvalue weighted by molar-refractivity contribution is 5.79. The van der Waals surface area contributed by atoms with Gasteiger partial charge in [-0.05, 0) is 74.0 Å². The molecule has 4 aliphatic carbocycles. The number of hydrogen-bond donors (Lipinski definition) is 0. The zero-order chi connectivity index (χ0) is 17.1. The van der Waals surface area contributed by atoms with Crippen molar-refractivity contribution in [3.63, 3.8) is 0 Å². The molecule has 0 spiro atoms. The van der Waals surface area contributed by atoms with Gasteiger partial charge < -0.3 is 4.74 Å². The quantitative estimate of drug-likeness (QED) is 0.663. The molecule has 4 fully saturated rings. The third-order valence-electron chi connectivity index (χ3n) is 8.70. The maximum atomic E-state index is 12.0. The van der Waals surface area contributed by atoms with E-state index in [0.717, 1.165) is 37.5 Å². The highest BCUT2D eigenvalue weighted by Crippen LogP contribution is 2.66. The fourth-order valence-electron chi connectivity index (χ4n) is 7.39. The zero-order valence-corrected chi connectivity index (χ0v) is 15.5. The number of fused-ring (bicyclic) bond motifs is 5. The van der Waals surface area contributed by atoms with Crippen LogP contribution < -0.4 is 0 Å². The molecule has 0 aromatic rings. The Morgan fingerprint density at radius 3 is 2.50 bits per heavy atom. The molecule has 134 valence electrons. The zero-order valence-electron chi connectivity index (χ0n) is 15.5. The maximum absolute atomic E-state index is 12.0. The Labute approximate surface area is 145 Å². The van der Waals surface area contributed by atoms with Crippen LogP contribution in [0.4, 0.5) is 0 Å². The van der Waals surface area contributed by atoms with Crippen LogP contribution in [0.3, 0.4) is 0 Å². The van der Waals surface area contributed by atoms with Gasteiger partial charge in [-0.3, -0.25) is 9.59 Å². The van der Waals surface area contributed by atoms with E-state index in [1.807, 2.05) is 0 Å². The number of ketones is 1. The Hall–Kier alpha value is -0.860. The Morgan fingerprint density at radius 2 is 1.75 bits per heavy atom. The van der Waals surface area contributed by atoms with Crippen LogP contribution in [-0.2, 0) is 14.3 Å². The number of esters is 1. The van der Waals surface area contributed by atoms with E-state index in [4.69, 9.17) is 4.74 Å². The second kappa shape index (κ2) is 5.57. The summed E-state index contributed by atoms with van der Waals surface area (Å²) in [4.78, 5) is 23.5. The summed E-state index contributed by atoms with van der Waals surface area (Å²) in [6.45, 7) is 6.42. The molecule has 0 saturated heterocycles. The van der Waals surface area contributed by atoms with Gasteiger partial charge in [-0.25, -0.2) is 0 Å². The van der Waals surface area contributed by atoms with Crippen molar-refractivity contribution in [1.82, 2.24) is 0 Å². The van der Waals surface area contributed by atoms with Crippen molar-refractivity contribution in [3.8, 4) is 0 Å². The lowest BCUT2D eigenvalue weighted by Gasteiger charge is -2.60. The van der Waals surface area contributed by atoms with E-state index < -0.39 is 0 Å². The van der Waals surface area contributed by atoms with Gasteiger partial charge in [-0.1, -0.05) is 13.8 Å². The van der Waals surface area contributed by atoms with Crippen molar-refractivity contribution in [1.29, 1.82) is 0 Å². The van der Waals surface area contributed by atoms with E-state index in [1.54, 1.807) is 6.92 Å². The van der Waals surface area contributed by atoms with Crippen LogP contribution in [-0.4, -0.2) is 17.9 Å². The van der Waals surface area contributed by atoms with E-state index in [-0.39, 0.29) is 17.5 Å². The predicted octanol–water partition coefficient (Wildman–Crippen LogP) is 4.53. The normalized spacial score (nSPS) is 50.6. The fourth-order valence-corrected chi connectivity index (χ4v) is 7.39. The summed E-state index contributed by atoms with van der Waals surface area (Å²) in [5, 5.41) is 0. The molecule has 0 radical (unpaired) electrons. The first kappa shape index (κ1) is 16.6. The number of Topliss-reactive ketones (excluding diaryl/α,β-unsaturated/α-hetero) is 1. The molecule has 0 amide bonds. The van der Waals surface area contributed by atoms with Crippen LogP contribution in [0.25, 0.3) is 0 Å². The number of carbonyl (C=O) groups excluding carboxylic acids is 2. The van der Waals surface area contributed by atoms with Crippen molar-refractivity contribution >= 4 is 11.8 Å². The van der Waals surface area contributed by atoms with E-state index in [2.05, 4.69) is 13.8 Å². The molecule has 0 unspecified atom stereocenters. The first-order valence-corrected chi connectivity index (χ1v) is 10.0. The second-order valence-corrected chi connectivity index (χ2v) is 9.62. The van der Waals surface area contributed by atoms with E-state index in [0.29, 0.717) is 23.0 Å². The summed E-state index contributed by atoms with van der Waals surface area (Å²) < 4.78 is 5.73. The summed E-state index contributed by atoms with van der Waals surface area (Å²) in [5.41, 5.74) is 0.554. The summed E-state index contributed by atoms with van der Waals surface area (Å²) in [5.74, 6) is 3.25. The number of rotatable bonds is 1. The Morgan fingerprint density at radius 1 is 1.00 bits per heavy atom. The van der Waals surface area contributed by atoms with Gasteiger partial charge in [0.1, 0.15) is 11.9 Å². The van der Waals surface area contributed by atoms with Crippen molar-refractivity contribution < 1.29 is 14.3 Å². The molecule has 4 saturated carbocycles. The maximum Gasteiger partial charge on any atom is 0.302 e. The molecule has 3 heteroatoms. The van der Waals surface area contributed by atoms with Crippen LogP contribution in [0.1, 0.15) is 78.6 Å². The summed E-state index contributed by atoms with van der Waals surface area (Å²) >= 11 is 0. The van der Waals surface area contributed by atoms with E-state index in [1.165, 1.54) is 32.1 Å². The molecular weight excluding hydrogens is 300 g/mol. The minimum Gasteiger partial charge on any atom is -0.462 e. The molecule has 0 bridgehead atoms. The largest absolute Gasteiger partial charge is 0.462 e. The predicted molar refractivity (Wildman–Crippen MR) is 92.3 cm³/mol. The van der Waals surface area contributed by atoms with Gasteiger partial charge in [-0.2, -0.15) is 0 Å². The monoisotopic (exact) mass is 332 g/mol. The SMILES string of the molecule is CC(=O)O[C@@H]1CC[C@@H]2[C@@H]3CC[C@H]4CC(=O)CC[C@]4(C)[C@@H]3CC[C@@]21C. The standard InChI is InChI=1S/C21H32O3/c1-13(22)24-19-7-6-17-16-5-4-14-12-15(23)8-10-20(14,2)18(16)9-11-21(17,19)3/h14,16-19H,4-12H2,1-3H3/t14-,16-,17+,18+,19+,20-,21-/m0/s1. The van der Waals surface area contributed by atoms with Crippen LogP contribution >= 0.6 is 0 Å². The van der Waals surface area contributed by atoms with Gasteiger partial charge in [0, 0.05) is 25.2 Å². The topological polar surface area (TPSA) is 43.4 Å². The van der Waals surface area contributed by atoms with Gasteiger partial charge in [0.2, 0.25) is 0 Å². The van der Waals surface area contributed by atoms with Crippen LogP contribution in [0.15, 0.2) is 0 Å². The first-order valence-electron chi connectivity index (χ1n) is 10.0. The number of carbonyl (C=O) groups is 2. The molecule has 24 heavy (non-hydrogen) atoms. The first-order chi connectivity index (χ1) is 11.3. The molecule has 0 aromatic heterocycles. The van der Waals surface area contributed by atoms with Crippen LogP contribution in [0.5, 0.6) is 0 Å². The van der Waals surface area contributed by atoms with Crippen molar-refractivity contribution in [2.75, 3.05) is 0 Å². The number of ether oxygens (including phenoxy) is 1. The highest BCUT2D eigenvalue weighted by Gasteiger charge is 2.60. The smallest absolute Gasteiger partial charge is 0.302 e. The third-order valence-corrected chi connectivity index (χ3v) is 8.70. The average molecular weight is 332 g/mol. The molecular formula is C21H32O3. The Bertz CT molecular complexity index is 555. The van der Waals surface area contributed by atoms with Crippen LogP contribution in [0.2, 0.25) is 0 Å². The van der Waals surface area contributed by atoms with Crippen LogP contribution in [0, 0.1) is 34.5 Å². The lowest BCUT2D eigenvalue weighted by molar-refractivity contribution is -0.162. The molecule has 4 aliphatic rings. The minimum absolute atomic E-state index is 0.120. The Balaban J connectivity index is 1.58. The van der Waals surface area contributed by atoms with Crippen molar-refractivity contribution in [2.45, 2.75) is 84.7 Å². The molecule has 0 aromatic carbocycles. The van der Waals surface area contributed by atoms with Gasteiger partial charge in [0.15, 0.2) is 0 Å². The van der Waals surface area contributed by atoms with E-state index in [9.17, 15) is 9.59 Å². The highest BCUT2D eigenvalue weighted by atomic mass is 16.5.